The molecule has 0 aliphatic heterocycles. The summed E-state index contributed by atoms with van der Waals surface area (Å²) in [5.74, 6) is 0. The molecule has 2 spiro atoms. The highest BCUT2D eigenvalue weighted by Crippen LogP contribution is 2.68. The fourth-order valence-corrected chi connectivity index (χ4v) is 25.9. The van der Waals surface area contributed by atoms with Crippen LogP contribution in [-0.4, -0.2) is 0 Å². The van der Waals surface area contributed by atoms with E-state index in [9.17, 15) is 0 Å². The van der Waals surface area contributed by atoms with Gasteiger partial charge >= 0.3 is 0 Å². The summed E-state index contributed by atoms with van der Waals surface area (Å²) in [5, 5.41) is 0. The molecule has 2 heteroatoms. The molecule has 652 valence electrons. The van der Waals surface area contributed by atoms with Crippen molar-refractivity contribution >= 4 is 34.1 Å². The third-order valence-corrected chi connectivity index (χ3v) is 31.7. The van der Waals surface area contributed by atoms with E-state index in [1.807, 2.05) is 0 Å². The number of fused-ring (bicyclic) bond motifs is 24. The van der Waals surface area contributed by atoms with Crippen molar-refractivity contribution in [2.24, 2.45) is 0 Å². The molecule has 0 atom stereocenters. The smallest absolute Gasteiger partial charge is 0.0720 e. The molecule has 27 rings (SSSR count). The van der Waals surface area contributed by atoms with Gasteiger partial charge in [0.25, 0.3) is 0 Å². The Morgan fingerprint density at radius 2 is 0.362 bits per heavy atom. The maximum atomic E-state index is 2.51. The van der Waals surface area contributed by atoms with Crippen LogP contribution in [0.4, 0.5) is 34.1 Å². The number of rotatable bonds is 13. The highest BCUT2D eigenvalue weighted by atomic mass is 15.2. The zero-order chi connectivity index (χ0) is 92.1. The van der Waals surface area contributed by atoms with Crippen LogP contribution in [0.3, 0.4) is 0 Å². The van der Waals surface area contributed by atoms with Crippen molar-refractivity contribution < 1.29 is 0 Å². The topological polar surface area (TPSA) is 6.48 Å². The number of benzene rings is 21. The van der Waals surface area contributed by atoms with E-state index in [1.54, 1.807) is 0 Å². The number of nitrogens with zero attached hydrogens (tertiary/aromatic N) is 2. The fraction of sp³-hybridized carbons (Fsp3) is 0.0735. The Kier molecular flexibility index (Phi) is 19.0. The predicted octanol–water partition coefficient (Wildman–Crippen LogP) is 34.0. The molecule has 0 aromatic heterocycles. The first-order valence-electron chi connectivity index (χ1n) is 48.6. The van der Waals surface area contributed by atoms with Gasteiger partial charge in [-0.25, -0.2) is 0 Å². The van der Waals surface area contributed by atoms with Gasteiger partial charge in [-0.15, -0.1) is 0 Å². The summed E-state index contributed by atoms with van der Waals surface area (Å²) < 4.78 is 0. The SMILES string of the molecule is CC1(C)c2ccccc2-c2ccc(N(c3ccc(-c4ccc5c(c4)-c4ccccc4C54c5ccccc5C(c5ccccc5)(c5ccccc5)c5ccccc54)cc3)c3ccccc3-c3ccccc3)cc21.CC1(C)c2ccccc2-c2ccc(N(c3ccc4c(c3)-c3ccccc3C43c4ccccc4C(c4ccccc4)(c4ccccc4)c4ccccc43)c3ccccc3-c3ccccc3)cc21. The van der Waals surface area contributed by atoms with Gasteiger partial charge in [0, 0.05) is 44.7 Å². The first kappa shape index (κ1) is 81.9. The summed E-state index contributed by atoms with van der Waals surface area (Å²) in [6, 6.07) is 195. The minimum atomic E-state index is -0.569. The molecule has 6 aliphatic rings. The first-order valence-corrected chi connectivity index (χ1v) is 48.6. The Balaban J connectivity index is 0.000000143. The molecular weight excluding hydrogens is 1660 g/mol. The van der Waals surface area contributed by atoms with Crippen LogP contribution in [0.25, 0.3) is 77.9 Å². The van der Waals surface area contributed by atoms with Crippen molar-refractivity contribution in [3.63, 3.8) is 0 Å². The Bertz CT molecular complexity index is 8200. The van der Waals surface area contributed by atoms with Crippen LogP contribution in [0.15, 0.2) is 522 Å². The van der Waals surface area contributed by atoms with E-state index in [-0.39, 0.29) is 10.8 Å². The zero-order valence-corrected chi connectivity index (χ0v) is 77.5. The summed E-state index contributed by atoms with van der Waals surface area (Å²) in [6.45, 7) is 9.48. The molecule has 0 amide bonds. The second-order valence-electron chi connectivity index (χ2n) is 39.0. The molecule has 21 aromatic rings. The van der Waals surface area contributed by atoms with Crippen LogP contribution in [0.1, 0.15) is 139 Å². The zero-order valence-electron chi connectivity index (χ0n) is 77.5. The van der Waals surface area contributed by atoms with Crippen LogP contribution in [0, 0.1) is 0 Å². The molecule has 6 aliphatic carbocycles. The molecule has 0 radical (unpaired) electrons. The summed E-state index contributed by atoms with van der Waals surface area (Å²) in [7, 11) is 0. The second kappa shape index (κ2) is 32.0. The molecule has 0 unspecified atom stereocenters. The summed E-state index contributed by atoms with van der Waals surface area (Å²) in [6.07, 6.45) is 0. The Morgan fingerprint density at radius 3 is 0.725 bits per heavy atom. The average molecular weight is 1760 g/mol. The average Bonchev–Trinajstić information content (AvgIpc) is 1.45. The van der Waals surface area contributed by atoms with E-state index in [1.165, 1.54) is 189 Å². The fourth-order valence-electron chi connectivity index (χ4n) is 25.9. The maximum Gasteiger partial charge on any atom is 0.0720 e. The van der Waals surface area contributed by atoms with Crippen LogP contribution < -0.4 is 9.80 Å². The number of hydrogen-bond donors (Lipinski definition) is 0. The highest BCUT2D eigenvalue weighted by Gasteiger charge is 2.59. The third kappa shape index (κ3) is 11.8. The highest BCUT2D eigenvalue weighted by molar-refractivity contribution is 5.99. The van der Waals surface area contributed by atoms with Crippen molar-refractivity contribution in [2.45, 2.75) is 60.2 Å². The first-order chi connectivity index (χ1) is 68.0. The van der Waals surface area contributed by atoms with Crippen molar-refractivity contribution in [1.82, 2.24) is 0 Å². The molecule has 0 saturated heterocycles. The maximum absolute atomic E-state index is 2.51. The molecular formula is C136H98N2. The second-order valence-corrected chi connectivity index (χ2v) is 39.0. The molecule has 21 aromatic carbocycles. The summed E-state index contributed by atoms with van der Waals surface area (Å²) in [5.41, 5.74) is 48.2. The van der Waals surface area contributed by atoms with E-state index >= 15 is 0 Å². The monoisotopic (exact) mass is 1760 g/mol. The lowest BCUT2D eigenvalue weighted by Gasteiger charge is -2.50. The number of anilines is 6. The van der Waals surface area contributed by atoms with E-state index in [0.29, 0.717) is 0 Å². The van der Waals surface area contributed by atoms with Gasteiger partial charge in [-0.3, -0.25) is 0 Å². The minimum Gasteiger partial charge on any atom is -0.310 e. The number of para-hydroxylation sites is 2. The molecule has 0 saturated carbocycles. The lowest BCUT2D eigenvalue weighted by Crippen LogP contribution is -2.44. The number of hydrogen-bond acceptors (Lipinski definition) is 2. The molecule has 0 heterocycles. The molecule has 0 fully saturated rings. The Morgan fingerprint density at radius 1 is 0.130 bits per heavy atom. The van der Waals surface area contributed by atoms with Crippen LogP contribution >= 0.6 is 0 Å². The third-order valence-electron chi connectivity index (χ3n) is 31.7. The Labute approximate surface area is 809 Å². The van der Waals surface area contributed by atoms with Gasteiger partial charge in [-0.1, -0.05) is 483 Å². The van der Waals surface area contributed by atoms with Crippen LogP contribution in [0.2, 0.25) is 0 Å². The molecule has 138 heavy (non-hydrogen) atoms. The van der Waals surface area contributed by atoms with Crippen molar-refractivity contribution in [3.8, 4) is 77.9 Å². The molecule has 2 nitrogen and oxygen atoms in total. The normalized spacial score (nSPS) is 14.7. The van der Waals surface area contributed by atoms with Crippen molar-refractivity contribution in [2.75, 3.05) is 9.80 Å². The van der Waals surface area contributed by atoms with Crippen molar-refractivity contribution in [1.29, 1.82) is 0 Å². The van der Waals surface area contributed by atoms with Crippen molar-refractivity contribution in [3.05, 3.63) is 633 Å². The Hall–Kier alpha value is -16.8. The van der Waals surface area contributed by atoms with Gasteiger partial charge in [-0.05, 0) is 245 Å². The molecule has 0 bridgehead atoms. The van der Waals surface area contributed by atoms with Gasteiger partial charge < -0.3 is 9.80 Å². The minimum absolute atomic E-state index is 0.129. The van der Waals surface area contributed by atoms with Crippen LogP contribution in [-0.2, 0) is 32.5 Å². The molecule has 0 N–H and O–H groups in total. The van der Waals surface area contributed by atoms with E-state index in [4.69, 9.17) is 0 Å². The quantitative estimate of drug-likeness (QED) is 0.114. The van der Waals surface area contributed by atoms with Gasteiger partial charge in [0.1, 0.15) is 0 Å². The summed E-state index contributed by atoms with van der Waals surface area (Å²) >= 11 is 0. The van der Waals surface area contributed by atoms with E-state index in [2.05, 4.69) is 559 Å². The van der Waals surface area contributed by atoms with Crippen LogP contribution in [0.5, 0.6) is 0 Å². The lowest BCUT2D eigenvalue weighted by molar-refractivity contribution is 0.623. The van der Waals surface area contributed by atoms with E-state index in [0.717, 1.165) is 34.1 Å². The standard InChI is InChI=1S/C71H51N.C65H47N/c1-69(2)60-31-15-12-29-56(60)58-44-43-54(47-67(58)69)72(68-37-21-14-28-55(68)49-22-6-3-7-23-49)53-41-38-48(39-42-53)50-40-45-62-59(46-50)57-30-13-16-32-61(57)71(62)65-35-19-17-33-63(65)70(51-24-8-4-9-25-51,52-26-10-5-11-27-52)64-34-18-20-36-66(64)71;1-63(2)54-31-15-12-29-50(54)52-40-38-48(43-61(52)63)66(62-37-21-14-28-49(62)44-22-6-3-7-23-44)47-39-41-56-53(42-47)51-30-13-16-32-55(51)65(56)59-35-19-17-33-57(59)64(45-24-8-4-9-25-45,46-26-10-5-11-27-46)58-34-18-20-36-60(58)65/h3-47H,1-2H3;3-43H,1-2H3. The van der Waals surface area contributed by atoms with E-state index < -0.39 is 21.7 Å². The largest absolute Gasteiger partial charge is 0.310 e. The summed E-state index contributed by atoms with van der Waals surface area (Å²) in [4.78, 5) is 4.96. The van der Waals surface area contributed by atoms with Gasteiger partial charge in [-0.2, -0.15) is 0 Å². The predicted molar refractivity (Wildman–Crippen MR) is 572 cm³/mol. The van der Waals surface area contributed by atoms with Gasteiger partial charge in [0.2, 0.25) is 0 Å². The lowest BCUT2D eigenvalue weighted by atomic mass is 9.51. The van der Waals surface area contributed by atoms with Gasteiger partial charge in [0.05, 0.1) is 33.0 Å². The van der Waals surface area contributed by atoms with Gasteiger partial charge in [0.15, 0.2) is 0 Å².